The van der Waals surface area contributed by atoms with Crippen LogP contribution >= 0.6 is 23.2 Å². The van der Waals surface area contributed by atoms with Crippen LogP contribution in [0.4, 0.5) is 0 Å². The van der Waals surface area contributed by atoms with Gasteiger partial charge in [-0.25, -0.2) is 0 Å². The molecule has 0 aliphatic rings. The molecule has 0 atom stereocenters. The summed E-state index contributed by atoms with van der Waals surface area (Å²) in [5.41, 5.74) is 0. The Morgan fingerprint density at radius 1 is 1.00 bits per heavy atom. The van der Waals surface area contributed by atoms with Gasteiger partial charge in [-0.1, -0.05) is 60.8 Å². The lowest BCUT2D eigenvalue weighted by Gasteiger charge is -2.02. The SMILES string of the molecule is ClC(Cl)CCCCC[SiH2]c1ccccc1. The molecule has 0 aromatic heterocycles. The minimum atomic E-state index is -0.170. The molecule has 0 saturated carbocycles. The summed E-state index contributed by atoms with van der Waals surface area (Å²) in [4.78, 5) is -0.170. The Morgan fingerprint density at radius 3 is 2.40 bits per heavy atom. The van der Waals surface area contributed by atoms with E-state index in [1.165, 1.54) is 25.3 Å². The lowest BCUT2D eigenvalue weighted by molar-refractivity contribution is 0.691. The largest absolute Gasteiger partial charge is 0.107 e. The molecule has 1 rings (SSSR count). The minimum Gasteiger partial charge on any atom is -0.105 e. The number of rotatable bonds is 7. The predicted octanol–water partition coefficient (Wildman–Crippen LogP) is 3.26. The Balaban J connectivity index is 1.98. The Morgan fingerprint density at radius 2 is 1.73 bits per heavy atom. The van der Waals surface area contributed by atoms with Gasteiger partial charge in [0.05, 0.1) is 9.52 Å². The van der Waals surface area contributed by atoms with Gasteiger partial charge in [0.15, 0.2) is 0 Å². The Bertz CT molecular complexity index is 249. The van der Waals surface area contributed by atoms with E-state index >= 15 is 0 Å². The van der Waals surface area contributed by atoms with Gasteiger partial charge < -0.3 is 0 Å². The van der Waals surface area contributed by atoms with Crippen molar-refractivity contribution < 1.29 is 0 Å². The van der Waals surface area contributed by atoms with Crippen molar-refractivity contribution in [2.75, 3.05) is 0 Å². The van der Waals surface area contributed by atoms with Crippen LogP contribution in [0.15, 0.2) is 30.3 Å². The fourth-order valence-corrected chi connectivity index (χ4v) is 3.55. The second kappa shape index (κ2) is 8.20. The third-order valence-electron chi connectivity index (χ3n) is 2.48. The van der Waals surface area contributed by atoms with E-state index in [2.05, 4.69) is 30.3 Å². The normalized spacial score (nSPS) is 11.7. The van der Waals surface area contributed by atoms with E-state index < -0.39 is 0 Å². The van der Waals surface area contributed by atoms with E-state index in [-0.39, 0.29) is 14.4 Å². The molecule has 0 unspecified atom stereocenters. The molecule has 0 spiro atoms. The highest BCUT2D eigenvalue weighted by Gasteiger charge is 1.98. The van der Waals surface area contributed by atoms with Gasteiger partial charge in [0, 0.05) is 0 Å². The van der Waals surface area contributed by atoms with Gasteiger partial charge in [-0.15, -0.1) is 23.2 Å². The van der Waals surface area contributed by atoms with Crippen molar-refractivity contribution in [3.63, 3.8) is 0 Å². The standard InChI is InChI=1S/C12H18Cl2Si/c13-12(14)9-5-2-6-10-15-11-7-3-1-4-8-11/h1,3-4,7-8,12H,2,5-6,9-10,15H2. The summed E-state index contributed by atoms with van der Waals surface area (Å²) < 4.78 is 0. The lowest BCUT2D eigenvalue weighted by Crippen LogP contribution is -2.12. The van der Waals surface area contributed by atoms with Gasteiger partial charge in [0.2, 0.25) is 0 Å². The van der Waals surface area contributed by atoms with Gasteiger partial charge in [-0.05, 0) is 6.42 Å². The fourth-order valence-electron chi connectivity index (χ4n) is 1.63. The van der Waals surface area contributed by atoms with Crippen LogP contribution < -0.4 is 5.19 Å². The first-order valence-electron chi connectivity index (χ1n) is 5.61. The minimum absolute atomic E-state index is 0.0247. The fraction of sp³-hybridized carbons (Fsp3) is 0.500. The van der Waals surface area contributed by atoms with E-state index in [0.717, 1.165) is 6.42 Å². The monoisotopic (exact) mass is 260 g/mol. The summed E-state index contributed by atoms with van der Waals surface area (Å²) in [6.45, 7) is 0. The van der Waals surface area contributed by atoms with Crippen LogP contribution in [0, 0.1) is 0 Å². The molecule has 0 bridgehead atoms. The summed E-state index contributed by atoms with van der Waals surface area (Å²) in [6, 6.07) is 12.2. The number of halogens is 2. The molecule has 0 amide bonds. The molecule has 3 heteroatoms. The molecule has 0 aliphatic carbocycles. The molecule has 0 aliphatic heterocycles. The highest BCUT2D eigenvalue weighted by Crippen LogP contribution is 2.12. The quantitative estimate of drug-likeness (QED) is 0.401. The van der Waals surface area contributed by atoms with Gasteiger partial charge in [-0.2, -0.15) is 0 Å². The van der Waals surface area contributed by atoms with Crippen molar-refractivity contribution in [3.05, 3.63) is 30.3 Å². The summed E-state index contributed by atoms with van der Waals surface area (Å²) >= 11 is 11.3. The van der Waals surface area contributed by atoms with Crippen molar-refractivity contribution >= 4 is 37.9 Å². The van der Waals surface area contributed by atoms with Crippen LogP contribution in [-0.4, -0.2) is 14.4 Å². The van der Waals surface area contributed by atoms with Crippen LogP contribution in [-0.2, 0) is 0 Å². The molecule has 1 aromatic carbocycles. The average molecular weight is 261 g/mol. The first kappa shape index (κ1) is 13.1. The van der Waals surface area contributed by atoms with Crippen LogP contribution in [0.5, 0.6) is 0 Å². The third kappa shape index (κ3) is 6.99. The first-order chi connectivity index (χ1) is 7.29. The van der Waals surface area contributed by atoms with Crippen LogP contribution in [0.25, 0.3) is 0 Å². The van der Waals surface area contributed by atoms with Gasteiger partial charge >= 0.3 is 0 Å². The van der Waals surface area contributed by atoms with Crippen LogP contribution in [0.1, 0.15) is 25.7 Å². The number of benzene rings is 1. The molecule has 15 heavy (non-hydrogen) atoms. The molecular formula is C12H18Cl2Si. The lowest BCUT2D eigenvalue weighted by atomic mass is 10.2. The summed E-state index contributed by atoms with van der Waals surface area (Å²) in [7, 11) is -0.0247. The number of alkyl halides is 2. The molecule has 0 heterocycles. The maximum Gasteiger partial charge on any atom is 0.107 e. The van der Waals surface area contributed by atoms with Crippen molar-refractivity contribution in [1.29, 1.82) is 0 Å². The van der Waals surface area contributed by atoms with Crippen molar-refractivity contribution in [2.24, 2.45) is 0 Å². The van der Waals surface area contributed by atoms with Crippen molar-refractivity contribution in [1.82, 2.24) is 0 Å². The van der Waals surface area contributed by atoms with E-state index in [9.17, 15) is 0 Å². The van der Waals surface area contributed by atoms with E-state index in [0.29, 0.717) is 0 Å². The van der Waals surface area contributed by atoms with Gasteiger partial charge in [0.25, 0.3) is 0 Å². The zero-order valence-corrected chi connectivity index (χ0v) is 11.9. The zero-order chi connectivity index (χ0) is 10.9. The summed E-state index contributed by atoms with van der Waals surface area (Å²) in [6.07, 6.45) is 4.72. The van der Waals surface area contributed by atoms with E-state index in [1.807, 2.05) is 0 Å². The molecule has 0 radical (unpaired) electrons. The zero-order valence-electron chi connectivity index (χ0n) is 8.96. The summed E-state index contributed by atoms with van der Waals surface area (Å²) in [5, 5.41) is 1.57. The number of hydrogen-bond acceptors (Lipinski definition) is 0. The predicted molar refractivity (Wildman–Crippen MR) is 73.4 cm³/mol. The molecule has 1 aromatic rings. The smallest absolute Gasteiger partial charge is 0.105 e. The molecule has 0 nitrogen and oxygen atoms in total. The van der Waals surface area contributed by atoms with Crippen LogP contribution in [0.2, 0.25) is 6.04 Å². The van der Waals surface area contributed by atoms with Gasteiger partial charge in [0.1, 0.15) is 4.84 Å². The second-order valence-corrected chi connectivity index (χ2v) is 7.13. The second-order valence-electron chi connectivity index (χ2n) is 3.83. The Hall–Kier alpha value is 0.0169. The number of hydrogen-bond donors (Lipinski definition) is 0. The molecule has 0 fully saturated rings. The van der Waals surface area contributed by atoms with Crippen molar-refractivity contribution in [2.45, 2.75) is 36.6 Å². The Kier molecular flexibility index (Phi) is 7.15. The van der Waals surface area contributed by atoms with Crippen molar-refractivity contribution in [3.8, 4) is 0 Å². The molecular weight excluding hydrogens is 243 g/mol. The molecule has 0 saturated heterocycles. The third-order valence-corrected chi connectivity index (χ3v) is 4.82. The molecule has 84 valence electrons. The first-order valence-corrected chi connectivity index (χ1v) is 8.19. The van der Waals surface area contributed by atoms with Crippen LogP contribution in [0.3, 0.4) is 0 Å². The Labute approximate surface area is 105 Å². The topological polar surface area (TPSA) is 0 Å². The average Bonchev–Trinajstić information content (AvgIpc) is 2.24. The van der Waals surface area contributed by atoms with Gasteiger partial charge in [-0.3, -0.25) is 0 Å². The molecule has 0 N–H and O–H groups in total. The van der Waals surface area contributed by atoms with E-state index in [4.69, 9.17) is 23.2 Å². The number of unbranched alkanes of at least 4 members (excludes halogenated alkanes) is 2. The summed E-state index contributed by atoms with van der Waals surface area (Å²) in [5.74, 6) is 0. The maximum atomic E-state index is 5.66. The highest BCUT2D eigenvalue weighted by atomic mass is 35.5. The van der Waals surface area contributed by atoms with E-state index in [1.54, 1.807) is 5.19 Å². The maximum absolute atomic E-state index is 5.66. The highest BCUT2D eigenvalue weighted by molar-refractivity contribution is 6.53.